The lowest BCUT2D eigenvalue weighted by molar-refractivity contribution is -0.140. The number of allylic oxidation sites excluding steroid dienone is 2. The van der Waals surface area contributed by atoms with E-state index in [9.17, 15) is 9.59 Å². The maximum atomic E-state index is 12.7. The van der Waals surface area contributed by atoms with Crippen molar-refractivity contribution in [1.82, 2.24) is 15.5 Å². The molecular formula is C21H33IN4O2. The van der Waals surface area contributed by atoms with Gasteiger partial charge in [-0.1, -0.05) is 31.9 Å². The zero-order chi connectivity index (χ0) is 19.0. The molecule has 0 spiro atoms. The number of rotatable bonds is 6. The molecule has 156 valence electrons. The van der Waals surface area contributed by atoms with Crippen molar-refractivity contribution in [3.63, 3.8) is 0 Å². The summed E-state index contributed by atoms with van der Waals surface area (Å²) in [4.78, 5) is 31.2. The molecule has 2 amide bonds. The lowest BCUT2D eigenvalue weighted by atomic mass is 9.83. The van der Waals surface area contributed by atoms with Gasteiger partial charge in [-0.3, -0.25) is 19.5 Å². The minimum Gasteiger partial charge on any atom is -0.356 e. The van der Waals surface area contributed by atoms with E-state index in [1.165, 1.54) is 37.0 Å². The first-order chi connectivity index (χ1) is 13.1. The number of likely N-dealkylation sites (tertiary alicyclic amines) is 1. The summed E-state index contributed by atoms with van der Waals surface area (Å²) in [5.74, 6) is 1.18. The van der Waals surface area contributed by atoms with Gasteiger partial charge in [0.2, 0.25) is 11.8 Å². The van der Waals surface area contributed by atoms with E-state index in [0.717, 1.165) is 18.9 Å². The lowest BCUT2D eigenvalue weighted by Gasteiger charge is -2.28. The van der Waals surface area contributed by atoms with Crippen molar-refractivity contribution in [1.29, 1.82) is 0 Å². The number of nitrogens with one attached hydrogen (secondary N) is 2. The Balaban J connectivity index is 0.00000225. The minimum atomic E-state index is -0.100. The van der Waals surface area contributed by atoms with Crippen LogP contribution in [0.1, 0.15) is 45.4 Å². The number of hydrogen-bond donors (Lipinski definition) is 2. The molecule has 7 heteroatoms. The molecule has 28 heavy (non-hydrogen) atoms. The average molecular weight is 500 g/mol. The topological polar surface area (TPSA) is 73.8 Å². The molecule has 3 fully saturated rings. The van der Waals surface area contributed by atoms with Gasteiger partial charge >= 0.3 is 0 Å². The second-order valence-electron chi connectivity index (χ2n) is 8.74. The standard InChI is InChI=1S/C21H32N4O2.HI/c1-3-21(8-4-5-9-21)13-24-20(22-2)23-10-11-25-18(26)16-14-6-7-15(12-14)17(16)19(25)27;/h6-7,14-17H,3-5,8-13H2,1-2H3,(H2,22,23,24);1H. The number of fused-ring (bicyclic) bond motifs is 5. The highest BCUT2D eigenvalue weighted by molar-refractivity contribution is 14.0. The van der Waals surface area contributed by atoms with Crippen molar-refractivity contribution in [3.05, 3.63) is 12.2 Å². The summed E-state index contributed by atoms with van der Waals surface area (Å²) in [5.41, 5.74) is 0.391. The molecule has 2 N–H and O–H groups in total. The molecule has 4 unspecified atom stereocenters. The quantitative estimate of drug-likeness (QED) is 0.193. The Bertz CT molecular complexity index is 641. The average Bonchev–Trinajstić information content (AvgIpc) is 3.45. The Morgan fingerprint density at radius 3 is 2.29 bits per heavy atom. The Morgan fingerprint density at radius 1 is 1.14 bits per heavy atom. The predicted octanol–water partition coefficient (Wildman–Crippen LogP) is 2.55. The van der Waals surface area contributed by atoms with Crippen LogP contribution >= 0.6 is 24.0 Å². The summed E-state index contributed by atoms with van der Waals surface area (Å²) in [6.45, 7) is 4.17. The SMILES string of the molecule is CCC1(CNC(=NC)NCCN2C(=O)C3C4C=CC(C4)C3C2=O)CCCC1.I. The van der Waals surface area contributed by atoms with Crippen LogP contribution in [0.15, 0.2) is 17.1 Å². The number of aliphatic imine (C=N–C) groups is 1. The Labute approximate surface area is 185 Å². The highest BCUT2D eigenvalue weighted by Gasteiger charge is 2.58. The van der Waals surface area contributed by atoms with Gasteiger partial charge in [-0.05, 0) is 42.9 Å². The highest BCUT2D eigenvalue weighted by atomic mass is 127. The molecule has 1 heterocycles. The third kappa shape index (κ3) is 3.71. The number of nitrogens with zero attached hydrogens (tertiary/aromatic N) is 2. The van der Waals surface area contributed by atoms with Gasteiger partial charge in [0, 0.05) is 26.7 Å². The first-order valence-electron chi connectivity index (χ1n) is 10.6. The van der Waals surface area contributed by atoms with Gasteiger partial charge in [0.15, 0.2) is 5.96 Å². The van der Waals surface area contributed by atoms with Crippen LogP contribution in [0.2, 0.25) is 0 Å². The van der Waals surface area contributed by atoms with Crippen molar-refractivity contribution >= 4 is 41.8 Å². The van der Waals surface area contributed by atoms with Crippen molar-refractivity contribution in [2.45, 2.75) is 45.4 Å². The molecule has 0 aromatic carbocycles. The van der Waals surface area contributed by atoms with Gasteiger partial charge in [0.1, 0.15) is 0 Å². The summed E-state index contributed by atoms with van der Waals surface area (Å²) in [6, 6.07) is 0. The fourth-order valence-corrected chi connectivity index (χ4v) is 5.74. The van der Waals surface area contributed by atoms with Crippen LogP contribution in [0.4, 0.5) is 0 Å². The summed E-state index contributed by atoms with van der Waals surface area (Å²) >= 11 is 0. The summed E-state index contributed by atoms with van der Waals surface area (Å²) in [6.07, 6.45) is 11.6. The maximum absolute atomic E-state index is 12.7. The van der Waals surface area contributed by atoms with Gasteiger partial charge in [-0.25, -0.2) is 0 Å². The summed E-state index contributed by atoms with van der Waals surface area (Å²) in [7, 11) is 1.77. The zero-order valence-corrected chi connectivity index (χ0v) is 19.3. The maximum Gasteiger partial charge on any atom is 0.233 e. The number of carbonyl (C=O) groups excluding carboxylic acids is 2. The van der Waals surface area contributed by atoms with E-state index in [4.69, 9.17) is 0 Å². The van der Waals surface area contributed by atoms with Crippen LogP contribution in [0.3, 0.4) is 0 Å². The number of imide groups is 1. The van der Waals surface area contributed by atoms with Gasteiger partial charge in [-0.15, -0.1) is 24.0 Å². The molecule has 3 aliphatic carbocycles. The van der Waals surface area contributed by atoms with Gasteiger partial charge in [0.25, 0.3) is 0 Å². The van der Waals surface area contributed by atoms with E-state index in [0.29, 0.717) is 18.5 Å². The van der Waals surface area contributed by atoms with E-state index in [2.05, 4.69) is 34.7 Å². The van der Waals surface area contributed by atoms with Crippen LogP contribution in [-0.4, -0.2) is 49.4 Å². The van der Waals surface area contributed by atoms with Crippen LogP contribution < -0.4 is 10.6 Å². The number of hydrogen-bond acceptors (Lipinski definition) is 3. The first-order valence-corrected chi connectivity index (χ1v) is 10.6. The molecular weight excluding hydrogens is 467 g/mol. The third-order valence-electron chi connectivity index (χ3n) is 7.46. The molecule has 0 radical (unpaired) electrons. The molecule has 4 rings (SSSR count). The normalized spacial score (nSPS) is 32.6. The smallest absolute Gasteiger partial charge is 0.233 e. The lowest BCUT2D eigenvalue weighted by Crippen LogP contribution is -2.46. The zero-order valence-electron chi connectivity index (χ0n) is 16.9. The fraction of sp³-hybridized carbons (Fsp3) is 0.762. The Morgan fingerprint density at radius 2 is 1.75 bits per heavy atom. The highest BCUT2D eigenvalue weighted by Crippen LogP contribution is 2.52. The molecule has 2 bridgehead atoms. The number of carbonyl (C=O) groups is 2. The minimum absolute atomic E-state index is 0. The van der Waals surface area contributed by atoms with E-state index < -0.39 is 0 Å². The fourth-order valence-electron chi connectivity index (χ4n) is 5.74. The van der Waals surface area contributed by atoms with Crippen molar-refractivity contribution in [3.8, 4) is 0 Å². The van der Waals surface area contributed by atoms with E-state index in [1.54, 1.807) is 7.05 Å². The third-order valence-corrected chi connectivity index (χ3v) is 7.46. The molecule has 4 atom stereocenters. The Kier molecular flexibility index (Phi) is 6.72. The van der Waals surface area contributed by atoms with E-state index in [-0.39, 0.29) is 59.5 Å². The number of guanidine groups is 1. The van der Waals surface area contributed by atoms with Crippen LogP contribution in [-0.2, 0) is 9.59 Å². The molecule has 0 aromatic heterocycles. The van der Waals surface area contributed by atoms with Crippen molar-refractivity contribution in [2.24, 2.45) is 34.1 Å². The summed E-state index contributed by atoms with van der Waals surface area (Å²) < 4.78 is 0. The Hall–Kier alpha value is -1.12. The van der Waals surface area contributed by atoms with E-state index >= 15 is 0 Å². The number of amides is 2. The van der Waals surface area contributed by atoms with Crippen LogP contribution in [0, 0.1) is 29.1 Å². The molecule has 1 saturated heterocycles. The van der Waals surface area contributed by atoms with E-state index in [1.807, 2.05) is 0 Å². The van der Waals surface area contributed by atoms with Crippen LogP contribution in [0.5, 0.6) is 0 Å². The largest absolute Gasteiger partial charge is 0.356 e. The predicted molar refractivity (Wildman–Crippen MR) is 120 cm³/mol. The number of halogens is 1. The molecule has 0 aromatic rings. The molecule has 1 aliphatic heterocycles. The van der Waals surface area contributed by atoms with Crippen LogP contribution in [0.25, 0.3) is 0 Å². The van der Waals surface area contributed by atoms with Gasteiger partial charge in [0.05, 0.1) is 11.8 Å². The van der Waals surface area contributed by atoms with Gasteiger partial charge in [-0.2, -0.15) is 0 Å². The first kappa shape index (κ1) is 21.6. The second-order valence-corrected chi connectivity index (χ2v) is 8.74. The summed E-state index contributed by atoms with van der Waals surface area (Å²) in [5, 5.41) is 6.74. The monoisotopic (exact) mass is 500 g/mol. The van der Waals surface area contributed by atoms with Crippen molar-refractivity contribution in [2.75, 3.05) is 26.7 Å². The second kappa shape index (κ2) is 8.71. The molecule has 2 saturated carbocycles. The van der Waals surface area contributed by atoms with Gasteiger partial charge < -0.3 is 10.6 Å². The molecule has 4 aliphatic rings. The molecule has 6 nitrogen and oxygen atoms in total. The van der Waals surface area contributed by atoms with Crippen molar-refractivity contribution < 1.29 is 9.59 Å².